The van der Waals surface area contributed by atoms with E-state index in [0.717, 1.165) is 19.3 Å². The topological polar surface area (TPSA) is 17.1 Å². The lowest BCUT2D eigenvalue weighted by Crippen LogP contribution is -2.31. The number of ketones is 1. The number of carbonyl (C=O) groups excluding carboxylic acids is 1. The minimum Gasteiger partial charge on any atom is -0.298 e. The normalized spacial score (nSPS) is 21.4. The number of fused-ring (bicyclic) bond motifs is 4. The molecule has 0 N–H and O–H groups in total. The number of hydrogen-bond acceptors (Lipinski definition) is 1. The molecule has 4 aliphatic carbocycles. The molecule has 0 heterocycles. The summed E-state index contributed by atoms with van der Waals surface area (Å²) < 4.78 is 0. The van der Waals surface area contributed by atoms with E-state index < -0.39 is 0 Å². The Morgan fingerprint density at radius 1 is 0.706 bits per heavy atom. The van der Waals surface area contributed by atoms with Crippen molar-refractivity contribution in [1.82, 2.24) is 0 Å². The molecule has 2 unspecified atom stereocenters. The lowest BCUT2D eigenvalue weighted by molar-refractivity contribution is -0.119. The van der Waals surface area contributed by atoms with Gasteiger partial charge in [0.15, 0.2) is 5.78 Å². The first-order valence-electron chi connectivity index (χ1n) is 12.4. The smallest absolute Gasteiger partial charge is 0.156 e. The molecular formula is C33H24O. The lowest BCUT2D eigenvalue weighted by atomic mass is 9.63. The van der Waals surface area contributed by atoms with E-state index in [1.54, 1.807) is 0 Å². The third kappa shape index (κ3) is 2.23. The summed E-state index contributed by atoms with van der Waals surface area (Å²) in [6.07, 6.45) is 5.17. The van der Waals surface area contributed by atoms with E-state index >= 15 is 0 Å². The fraction of sp³-hybridized carbons (Fsp3) is 0.182. The fourth-order valence-corrected chi connectivity index (χ4v) is 7.31. The molecule has 4 aromatic carbocycles. The Morgan fingerprint density at radius 2 is 1.44 bits per heavy atom. The minimum absolute atomic E-state index is 0.168. The van der Waals surface area contributed by atoms with Crippen molar-refractivity contribution in [1.29, 1.82) is 0 Å². The number of rotatable bonds is 1. The number of benzene rings is 4. The largest absolute Gasteiger partial charge is 0.298 e. The first-order valence-corrected chi connectivity index (χ1v) is 12.4. The molecule has 4 aromatic rings. The Morgan fingerprint density at radius 3 is 2.32 bits per heavy atom. The first-order chi connectivity index (χ1) is 16.7. The van der Waals surface area contributed by atoms with Crippen molar-refractivity contribution < 1.29 is 4.79 Å². The van der Waals surface area contributed by atoms with E-state index in [0.29, 0.717) is 5.78 Å². The maximum Gasteiger partial charge on any atom is 0.156 e. The summed E-state index contributed by atoms with van der Waals surface area (Å²) in [5.41, 5.74) is 14.4. The molecule has 0 radical (unpaired) electrons. The monoisotopic (exact) mass is 436 g/mol. The standard InChI is InChI=1S/C33H24O/c1-18-10-11-20-12-13-22-17-23-16-21-7-3-5-9-25(21)28(23)32-30(22)29(20)27(18)31(33(32)34)26-15-14-19-6-2-4-8-24(19)26/h2-13,15,31-32H,14,16-17H2,1H3. The molecule has 0 saturated carbocycles. The number of Topliss-reactive ketones (excluding diaryl/α,β-unsaturated/α-hetero) is 1. The SMILES string of the molecule is Cc1ccc2ccc3c4c2c1C(C1=CCc2ccccc21)C(=O)C4C1=C(Cc2ccccc21)C3. The highest BCUT2D eigenvalue weighted by atomic mass is 16.1. The Hall–Kier alpha value is -3.71. The van der Waals surface area contributed by atoms with E-state index in [9.17, 15) is 4.79 Å². The third-order valence-electron chi connectivity index (χ3n) is 8.69. The van der Waals surface area contributed by atoms with Crippen LogP contribution in [0.1, 0.15) is 56.3 Å². The van der Waals surface area contributed by atoms with Crippen LogP contribution < -0.4 is 0 Å². The van der Waals surface area contributed by atoms with Crippen molar-refractivity contribution in [2.75, 3.05) is 0 Å². The molecule has 0 amide bonds. The van der Waals surface area contributed by atoms with Crippen LogP contribution in [0, 0.1) is 6.92 Å². The average molecular weight is 437 g/mol. The zero-order valence-corrected chi connectivity index (χ0v) is 19.2. The highest BCUT2D eigenvalue weighted by molar-refractivity contribution is 6.18. The fourth-order valence-electron chi connectivity index (χ4n) is 7.31. The van der Waals surface area contributed by atoms with Crippen molar-refractivity contribution in [2.24, 2.45) is 0 Å². The van der Waals surface area contributed by atoms with Crippen molar-refractivity contribution in [2.45, 2.75) is 38.0 Å². The summed E-state index contributed by atoms with van der Waals surface area (Å²) in [5.74, 6) is -0.0128. The summed E-state index contributed by atoms with van der Waals surface area (Å²) in [7, 11) is 0. The van der Waals surface area contributed by atoms with Gasteiger partial charge in [-0.05, 0) is 92.6 Å². The van der Waals surface area contributed by atoms with Gasteiger partial charge in [0.1, 0.15) is 0 Å². The van der Waals surface area contributed by atoms with E-state index in [2.05, 4.69) is 85.8 Å². The van der Waals surface area contributed by atoms with Gasteiger partial charge in [-0.25, -0.2) is 0 Å². The van der Waals surface area contributed by atoms with E-state index in [1.165, 1.54) is 72.0 Å². The maximum atomic E-state index is 14.8. The molecule has 0 saturated heterocycles. The van der Waals surface area contributed by atoms with Crippen molar-refractivity contribution in [3.8, 4) is 0 Å². The molecule has 1 heteroatoms. The molecule has 8 rings (SSSR count). The van der Waals surface area contributed by atoms with Gasteiger partial charge in [-0.2, -0.15) is 0 Å². The van der Waals surface area contributed by atoms with Crippen molar-refractivity contribution in [3.63, 3.8) is 0 Å². The highest BCUT2D eigenvalue weighted by Crippen LogP contribution is 2.57. The van der Waals surface area contributed by atoms with Gasteiger partial charge in [0.2, 0.25) is 0 Å². The minimum atomic E-state index is -0.209. The molecule has 2 atom stereocenters. The van der Waals surface area contributed by atoms with Gasteiger partial charge in [-0.1, -0.05) is 84.4 Å². The highest BCUT2D eigenvalue weighted by Gasteiger charge is 2.47. The Labute approximate surface area is 199 Å². The Kier molecular flexibility index (Phi) is 3.54. The molecule has 0 fully saturated rings. The van der Waals surface area contributed by atoms with Crippen molar-refractivity contribution in [3.05, 3.63) is 129 Å². The van der Waals surface area contributed by atoms with Crippen molar-refractivity contribution >= 4 is 27.7 Å². The first kappa shape index (κ1) is 18.7. The van der Waals surface area contributed by atoms with Crippen LogP contribution in [0.15, 0.2) is 84.4 Å². The number of allylic oxidation sites excluding steroid dienone is 4. The summed E-state index contributed by atoms with van der Waals surface area (Å²) in [6, 6.07) is 26.4. The van der Waals surface area contributed by atoms with Gasteiger partial charge in [-0.15, -0.1) is 0 Å². The molecule has 0 bridgehead atoms. The van der Waals surface area contributed by atoms with E-state index in [4.69, 9.17) is 0 Å². The molecule has 0 aromatic heterocycles. The van der Waals surface area contributed by atoms with Crippen LogP contribution in [0.25, 0.3) is 21.9 Å². The van der Waals surface area contributed by atoms with Gasteiger partial charge in [0.25, 0.3) is 0 Å². The number of hydrogen-bond donors (Lipinski definition) is 0. The molecule has 0 spiro atoms. The second-order valence-electron chi connectivity index (χ2n) is 10.3. The average Bonchev–Trinajstić information content (AvgIpc) is 3.45. The molecule has 1 nitrogen and oxygen atoms in total. The summed E-state index contributed by atoms with van der Waals surface area (Å²) in [6.45, 7) is 2.19. The Bertz CT molecular complexity index is 1660. The molecule has 4 aliphatic rings. The van der Waals surface area contributed by atoms with Gasteiger partial charge < -0.3 is 0 Å². The third-order valence-corrected chi connectivity index (χ3v) is 8.69. The Balaban J connectivity index is 1.46. The van der Waals surface area contributed by atoms with Crippen LogP contribution in [0.2, 0.25) is 0 Å². The maximum absolute atomic E-state index is 14.8. The number of carbonyl (C=O) groups is 1. The number of aryl methyl sites for hydroxylation is 1. The van der Waals surface area contributed by atoms with Crippen LogP contribution in [-0.4, -0.2) is 5.78 Å². The predicted molar refractivity (Wildman–Crippen MR) is 138 cm³/mol. The molecule has 162 valence electrons. The van der Waals surface area contributed by atoms with Gasteiger partial charge in [0.05, 0.1) is 11.8 Å². The summed E-state index contributed by atoms with van der Waals surface area (Å²) in [5, 5.41) is 2.61. The van der Waals surface area contributed by atoms with Gasteiger partial charge in [-0.3, -0.25) is 4.79 Å². The van der Waals surface area contributed by atoms with E-state index in [1.807, 2.05) is 0 Å². The predicted octanol–water partition coefficient (Wildman–Crippen LogP) is 7.10. The molecular weight excluding hydrogens is 412 g/mol. The zero-order chi connectivity index (χ0) is 22.6. The lowest BCUT2D eigenvalue weighted by Gasteiger charge is -2.38. The van der Waals surface area contributed by atoms with Crippen LogP contribution in [0.3, 0.4) is 0 Å². The second kappa shape index (κ2) is 6.45. The second-order valence-corrected chi connectivity index (χ2v) is 10.3. The van der Waals surface area contributed by atoms with Gasteiger partial charge in [0, 0.05) is 0 Å². The molecule has 34 heavy (non-hydrogen) atoms. The van der Waals surface area contributed by atoms with Crippen LogP contribution in [-0.2, 0) is 24.1 Å². The molecule has 0 aliphatic heterocycles. The van der Waals surface area contributed by atoms with Crippen LogP contribution in [0.4, 0.5) is 0 Å². The van der Waals surface area contributed by atoms with Crippen LogP contribution in [0.5, 0.6) is 0 Å². The van der Waals surface area contributed by atoms with E-state index in [-0.39, 0.29) is 11.8 Å². The summed E-state index contributed by atoms with van der Waals surface area (Å²) >= 11 is 0. The zero-order valence-electron chi connectivity index (χ0n) is 19.2. The quantitative estimate of drug-likeness (QED) is 0.311. The summed E-state index contributed by atoms with van der Waals surface area (Å²) in [4.78, 5) is 14.8. The van der Waals surface area contributed by atoms with Crippen LogP contribution >= 0.6 is 0 Å². The van der Waals surface area contributed by atoms with Gasteiger partial charge >= 0.3 is 0 Å².